The van der Waals surface area contributed by atoms with Gasteiger partial charge in [0, 0.05) is 10.6 Å². The van der Waals surface area contributed by atoms with Crippen LogP contribution in [0.15, 0.2) is 29.0 Å². The first-order chi connectivity index (χ1) is 7.95. The minimum atomic E-state index is -3.70. The maximum absolute atomic E-state index is 11.7. The first-order valence-electron chi connectivity index (χ1n) is 4.76. The fourth-order valence-corrected chi connectivity index (χ4v) is 3.92. The van der Waals surface area contributed by atoms with E-state index in [9.17, 15) is 13.2 Å². The van der Waals surface area contributed by atoms with Crippen molar-refractivity contribution in [2.24, 2.45) is 0 Å². The molecule has 1 N–H and O–H groups in total. The quantitative estimate of drug-likeness (QED) is 0.641. The third-order valence-electron chi connectivity index (χ3n) is 1.70. The number of aryl methyl sites for hydroxylation is 1. The van der Waals surface area contributed by atoms with E-state index >= 15 is 0 Å². The molecule has 1 amide bonds. The molecule has 1 rings (SSSR count). The molecule has 0 saturated heterocycles. The molecule has 7 heteroatoms. The highest BCUT2D eigenvalue weighted by atomic mass is 32.2. The van der Waals surface area contributed by atoms with Crippen LogP contribution in [0.3, 0.4) is 0 Å². The highest BCUT2D eigenvalue weighted by molar-refractivity contribution is 8.00. The lowest BCUT2D eigenvalue weighted by atomic mass is 10.5. The molecule has 0 aliphatic carbocycles. The van der Waals surface area contributed by atoms with E-state index in [0.29, 0.717) is 5.75 Å². The molecule has 17 heavy (non-hydrogen) atoms. The second-order valence-electron chi connectivity index (χ2n) is 3.20. The summed E-state index contributed by atoms with van der Waals surface area (Å²) in [5, 5.41) is 0. The summed E-state index contributed by atoms with van der Waals surface area (Å²) in [7, 11) is -3.70. The van der Waals surface area contributed by atoms with Crippen LogP contribution >= 0.6 is 23.1 Å². The zero-order valence-electron chi connectivity index (χ0n) is 9.30. The number of rotatable bonds is 6. The molecule has 0 aliphatic heterocycles. The van der Waals surface area contributed by atoms with Gasteiger partial charge in [-0.1, -0.05) is 6.08 Å². The molecule has 0 atom stereocenters. The van der Waals surface area contributed by atoms with Crippen molar-refractivity contribution in [2.75, 3.05) is 11.5 Å². The second-order valence-corrected chi connectivity index (χ2v) is 7.42. The summed E-state index contributed by atoms with van der Waals surface area (Å²) >= 11 is 2.45. The van der Waals surface area contributed by atoms with E-state index < -0.39 is 15.9 Å². The number of sulfonamides is 1. The van der Waals surface area contributed by atoms with Gasteiger partial charge in [-0.2, -0.15) is 0 Å². The van der Waals surface area contributed by atoms with E-state index in [0.717, 1.165) is 16.2 Å². The van der Waals surface area contributed by atoms with E-state index in [1.165, 1.54) is 17.8 Å². The Labute approximate surface area is 109 Å². The summed E-state index contributed by atoms with van der Waals surface area (Å²) in [6, 6.07) is 3.20. The second kappa shape index (κ2) is 6.23. The lowest BCUT2D eigenvalue weighted by Crippen LogP contribution is -2.31. The first kappa shape index (κ1) is 14.3. The van der Waals surface area contributed by atoms with Gasteiger partial charge >= 0.3 is 0 Å². The summed E-state index contributed by atoms with van der Waals surface area (Å²) in [6.45, 7) is 5.32. The molecule has 0 aromatic carbocycles. The summed E-state index contributed by atoms with van der Waals surface area (Å²) in [5.41, 5.74) is 0. The maximum atomic E-state index is 11.7. The van der Waals surface area contributed by atoms with Gasteiger partial charge in [0.15, 0.2) is 0 Å². The van der Waals surface area contributed by atoms with Crippen molar-refractivity contribution in [3.63, 3.8) is 0 Å². The van der Waals surface area contributed by atoms with Crippen molar-refractivity contribution >= 4 is 39.0 Å². The smallest absolute Gasteiger partial charge is 0.273 e. The fourth-order valence-electron chi connectivity index (χ4n) is 1.02. The van der Waals surface area contributed by atoms with Crippen molar-refractivity contribution in [1.29, 1.82) is 0 Å². The van der Waals surface area contributed by atoms with Crippen LogP contribution in [0.1, 0.15) is 4.88 Å². The summed E-state index contributed by atoms with van der Waals surface area (Å²) < 4.78 is 25.7. The van der Waals surface area contributed by atoms with Crippen molar-refractivity contribution in [2.45, 2.75) is 11.1 Å². The molecule has 1 aromatic rings. The molecular weight excluding hydrogens is 278 g/mol. The molecule has 0 bridgehead atoms. The fraction of sp³-hybridized carbons (Fsp3) is 0.300. The molecular formula is C10H13NO3S3. The van der Waals surface area contributed by atoms with Crippen LogP contribution < -0.4 is 4.72 Å². The number of thiophene rings is 1. The normalized spacial score (nSPS) is 11.1. The Balaban J connectivity index is 2.61. The molecule has 0 unspecified atom stereocenters. The minimum absolute atomic E-state index is 0.107. The van der Waals surface area contributed by atoms with Gasteiger partial charge in [-0.25, -0.2) is 13.1 Å². The zero-order chi connectivity index (χ0) is 12.9. The van der Waals surface area contributed by atoms with Crippen LogP contribution in [0, 0.1) is 6.92 Å². The Bertz CT molecular complexity index is 505. The van der Waals surface area contributed by atoms with Gasteiger partial charge in [0.25, 0.3) is 10.0 Å². The van der Waals surface area contributed by atoms with Gasteiger partial charge in [-0.15, -0.1) is 29.7 Å². The topological polar surface area (TPSA) is 63.2 Å². The number of carbonyl (C=O) groups is 1. The third-order valence-corrected chi connectivity index (χ3v) is 5.50. The van der Waals surface area contributed by atoms with Gasteiger partial charge in [-0.05, 0) is 19.1 Å². The Morgan fingerprint density at radius 2 is 2.29 bits per heavy atom. The largest absolute Gasteiger partial charge is 0.273 e. The highest BCUT2D eigenvalue weighted by Gasteiger charge is 2.18. The molecule has 0 spiro atoms. The van der Waals surface area contributed by atoms with E-state index in [1.807, 2.05) is 11.6 Å². The molecule has 4 nitrogen and oxygen atoms in total. The standard InChI is InChI=1S/C10H13NO3S3/c1-3-6-15-7-9(12)11-17(13,14)10-5-4-8(2)16-10/h3-5H,1,6-7H2,2H3,(H,11,12). The first-order valence-corrected chi connectivity index (χ1v) is 8.22. The maximum Gasteiger partial charge on any atom is 0.273 e. The van der Waals surface area contributed by atoms with Crippen LogP contribution in [-0.2, 0) is 14.8 Å². The highest BCUT2D eigenvalue weighted by Crippen LogP contribution is 2.20. The molecule has 0 radical (unpaired) electrons. The Kier molecular flexibility index (Phi) is 5.23. The Morgan fingerprint density at radius 3 is 2.82 bits per heavy atom. The molecule has 0 saturated carbocycles. The average Bonchev–Trinajstić information content (AvgIpc) is 2.65. The number of hydrogen-bond acceptors (Lipinski definition) is 5. The summed E-state index contributed by atoms with van der Waals surface area (Å²) in [6.07, 6.45) is 1.66. The zero-order valence-corrected chi connectivity index (χ0v) is 11.8. The van der Waals surface area contributed by atoms with Crippen LogP contribution in [0.2, 0.25) is 0 Å². The predicted molar refractivity (Wildman–Crippen MR) is 71.9 cm³/mol. The molecule has 94 valence electrons. The van der Waals surface area contributed by atoms with E-state index in [4.69, 9.17) is 0 Å². The van der Waals surface area contributed by atoms with Gasteiger partial charge in [0.2, 0.25) is 5.91 Å². The van der Waals surface area contributed by atoms with Crippen molar-refractivity contribution in [3.8, 4) is 0 Å². The molecule has 0 fully saturated rings. The van der Waals surface area contributed by atoms with Crippen molar-refractivity contribution in [1.82, 2.24) is 4.72 Å². The summed E-state index contributed by atoms with van der Waals surface area (Å²) in [5.74, 6) is 0.212. The number of thioether (sulfide) groups is 1. The van der Waals surface area contributed by atoms with Crippen LogP contribution in [0.25, 0.3) is 0 Å². The number of carbonyl (C=O) groups excluding carboxylic acids is 1. The predicted octanol–water partition coefficient (Wildman–Crippen LogP) is 1.78. The molecule has 1 heterocycles. The van der Waals surface area contributed by atoms with Gasteiger partial charge < -0.3 is 0 Å². The average molecular weight is 291 g/mol. The molecule has 1 aromatic heterocycles. The minimum Gasteiger partial charge on any atom is -0.273 e. The van der Waals surface area contributed by atoms with Crippen LogP contribution in [0.4, 0.5) is 0 Å². The van der Waals surface area contributed by atoms with Crippen LogP contribution in [-0.4, -0.2) is 25.8 Å². The van der Waals surface area contributed by atoms with E-state index in [2.05, 4.69) is 6.58 Å². The van der Waals surface area contributed by atoms with Gasteiger partial charge in [-0.3, -0.25) is 4.79 Å². The van der Waals surface area contributed by atoms with Gasteiger partial charge in [0.05, 0.1) is 5.75 Å². The van der Waals surface area contributed by atoms with E-state index in [1.54, 1.807) is 12.1 Å². The number of amides is 1. The van der Waals surface area contributed by atoms with Crippen molar-refractivity contribution in [3.05, 3.63) is 29.7 Å². The molecule has 0 aliphatic rings. The van der Waals surface area contributed by atoms with Gasteiger partial charge in [0.1, 0.15) is 4.21 Å². The lowest BCUT2D eigenvalue weighted by molar-refractivity contribution is -0.116. The monoisotopic (exact) mass is 291 g/mol. The SMILES string of the molecule is C=CCSCC(=O)NS(=O)(=O)c1ccc(C)s1. The van der Waals surface area contributed by atoms with E-state index in [-0.39, 0.29) is 9.96 Å². The van der Waals surface area contributed by atoms with Crippen LogP contribution in [0.5, 0.6) is 0 Å². The summed E-state index contributed by atoms with van der Waals surface area (Å²) in [4.78, 5) is 12.3. The Hall–Kier alpha value is -0.790. The Morgan fingerprint density at radius 1 is 1.59 bits per heavy atom. The van der Waals surface area contributed by atoms with Crippen molar-refractivity contribution < 1.29 is 13.2 Å². The third kappa shape index (κ3) is 4.53. The number of hydrogen-bond donors (Lipinski definition) is 1. The number of nitrogens with one attached hydrogen (secondary N) is 1. The lowest BCUT2D eigenvalue weighted by Gasteiger charge is -2.03.